The normalized spacial score (nSPS) is 11.2. The number of unbranched alkanes of at least 4 members (excludes halogenated alkanes) is 2. The van der Waals surface area contributed by atoms with Crippen molar-refractivity contribution in [1.29, 1.82) is 0 Å². The lowest BCUT2D eigenvalue weighted by atomic mass is 10.0. The monoisotopic (exact) mass is 570 g/mol. The van der Waals surface area contributed by atoms with E-state index in [4.69, 9.17) is 19.2 Å². The maximum Gasteiger partial charge on any atom is 0.303 e. The van der Waals surface area contributed by atoms with E-state index in [0.29, 0.717) is 18.9 Å². The van der Waals surface area contributed by atoms with E-state index in [0.717, 1.165) is 64.8 Å². The van der Waals surface area contributed by atoms with Crippen molar-refractivity contribution < 1.29 is 19.1 Å². The summed E-state index contributed by atoms with van der Waals surface area (Å²) < 4.78 is 12.3. The number of fused-ring (bicyclic) bond motifs is 2. The van der Waals surface area contributed by atoms with Crippen LogP contribution in [0.25, 0.3) is 33.3 Å². The number of aromatic nitrogens is 1. The van der Waals surface area contributed by atoms with Gasteiger partial charge in [0, 0.05) is 36.8 Å². The first kappa shape index (κ1) is 28.0. The van der Waals surface area contributed by atoms with Crippen molar-refractivity contribution in [2.75, 3.05) is 11.5 Å². The van der Waals surface area contributed by atoms with Gasteiger partial charge in [-0.2, -0.15) is 0 Å². The van der Waals surface area contributed by atoms with Crippen LogP contribution < -0.4 is 9.64 Å². The molecule has 216 valence electrons. The van der Waals surface area contributed by atoms with E-state index in [1.807, 2.05) is 48.5 Å². The zero-order valence-electron chi connectivity index (χ0n) is 24.0. The molecule has 1 aromatic heterocycles. The largest absolute Gasteiger partial charge is 0.494 e. The quantitative estimate of drug-likeness (QED) is 0.140. The van der Waals surface area contributed by atoms with Gasteiger partial charge in [-0.25, -0.2) is 4.98 Å². The number of oxazole rings is 1. The molecule has 0 saturated heterocycles. The fourth-order valence-corrected chi connectivity index (χ4v) is 5.35. The van der Waals surface area contributed by atoms with Crippen LogP contribution >= 0.6 is 0 Å². The van der Waals surface area contributed by atoms with Crippen molar-refractivity contribution in [2.45, 2.75) is 38.8 Å². The molecule has 0 aliphatic rings. The molecule has 1 N–H and O–H groups in total. The number of carbonyl (C=O) groups is 1. The molecule has 5 aromatic carbocycles. The minimum Gasteiger partial charge on any atom is -0.494 e. The molecule has 0 unspecified atom stereocenters. The van der Waals surface area contributed by atoms with Gasteiger partial charge >= 0.3 is 5.97 Å². The second kappa shape index (κ2) is 13.3. The van der Waals surface area contributed by atoms with Gasteiger partial charge in [-0.3, -0.25) is 4.79 Å². The predicted octanol–water partition coefficient (Wildman–Crippen LogP) is 8.88. The highest BCUT2D eigenvalue weighted by Gasteiger charge is 2.15. The number of rotatable bonds is 13. The third kappa shape index (κ3) is 7.04. The van der Waals surface area contributed by atoms with Crippen molar-refractivity contribution in [3.63, 3.8) is 0 Å². The minimum absolute atomic E-state index is 0.204. The molecule has 43 heavy (non-hydrogen) atoms. The molecule has 6 heteroatoms. The van der Waals surface area contributed by atoms with Gasteiger partial charge in [0.1, 0.15) is 11.3 Å². The number of hydrogen-bond acceptors (Lipinski definition) is 5. The van der Waals surface area contributed by atoms with Gasteiger partial charge in [-0.15, -0.1) is 0 Å². The summed E-state index contributed by atoms with van der Waals surface area (Å²) in [4.78, 5) is 17.9. The molecule has 6 aromatic rings. The summed E-state index contributed by atoms with van der Waals surface area (Å²) in [6, 6.07) is 39.4. The zero-order valence-corrected chi connectivity index (χ0v) is 24.0. The third-order valence-corrected chi connectivity index (χ3v) is 7.56. The molecule has 0 spiro atoms. The van der Waals surface area contributed by atoms with Gasteiger partial charge in [-0.1, -0.05) is 72.8 Å². The lowest BCUT2D eigenvalue weighted by Crippen LogP contribution is -2.22. The van der Waals surface area contributed by atoms with E-state index in [9.17, 15) is 4.79 Å². The Kier molecular flexibility index (Phi) is 8.64. The smallest absolute Gasteiger partial charge is 0.303 e. The first-order valence-electron chi connectivity index (χ1n) is 14.7. The molecule has 0 fully saturated rings. The van der Waals surface area contributed by atoms with Gasteiger partial charge in [-0.05, 0) is 77.6 Å². The van der Waals surface area contributed by atoms with Crippen molar-refractivity contribution in [2.24, 2.45) is 0 Å². The summed E-state index contributed by atoms with van der Waals surface area (Å²) >= 11 is 0. The van der Waals surface area contributed by atoms with E-state index in [-0.39, 0.29) is 6.42 Å². The van der Waals surface area contributed by atoms with E-state index in [1.165, 1.54) is 11.1 Å². The number of ether oxygens (including phenoxy) is 1. The average molecular weight is 571 g/mol. The molecular weight excluding hydrogens is 536 g/mol. The van der Waals surface area contributed by atoms with E-state index < -0.39 is 5.97 Å². The first-order valence-corrected chi connectivity index (χ1v) is 14.7. The number of aliphatic carboxylic acids is 1. The number of carboxylic acids is 1. The molecular formula is C37H34N2O4. The zero-order chi connectivity index (χ0) is 29.4. The average Bonchev–Trinajstić information content (AvgIpc) is 3.46. The standard InChI is InChI=1S/C37H34N2O4/c40-36(41)17-8-3-9-22-42-31-19-20-32-29(23-31)15-10-16-33(32)37-38-34-21-18-30(24-35(34)43-37)39(25-27-11-4-1-5-12-27)26-28-13-6-2-7-14-28/h1-2,4-7,10-16,18-21,23-24H,3,8-9,17,22,25-26H2,(H,40,41). The molecule has 0 radical (unpaired) electrons. The van der Waals surface area contributed by atoms with Crippen LogP contribution in [0.2, 0.25) is 0 Å². The van der Waals surface area contributed by atoms with Crippen LogP contribution in [0.15, 0.2) is 120 Å². The third-order valence-electron chi connectivity index (χ3n) is 7.56. The van der Waals surface area contributed by atoms with Gasteiger partial charge in [0.2, 0.25) is 5.89 Å². The molecule has 6 nitrogen and oxygen atoms in total. The highest BCUT2D eigenvalue weighted by molar-refractivity contribution is 5.96. The van der Waals surface area contributed by atoms with Crippen molar-refractivity contribution >= 4 is 33.5 Å². The maximum absolute atomic E-state index is 10.7. The SMILES string of the molecule is O=C(O)CCCCCOc1ccc2c(-c3nc4ccc(N(Cc5ccccc5)Cc5ccccc5)cc4o3)cccc2c1. The Morgan fingerprint density at radius 2 is 1.51 bits per heavy atom. The van der Waals surface area contributed by atoms with Crippen molar-refractivity contribution in [1.82, 2.24) is 4.98 Å². The molecule has 0 bridgehead atoms. The topological polar surface area (TPSA) is 75.8 Å². The molecule has 0 aliphatic heterocycles. The van der Waals surface area contributed by atoms with Crippen molar-refractivity contribution in [3.8, 4) is 17.2 Å². The molecule has 1 heterocycles. The summed E-state index contributed by atoms with van der Waals surface area (Å²) in [5.41, 5.74) is 6.06. The van der Waals surface area contributed by atoms with Crippen LogP contribution in [-0.2, 0) is 17.9 Å². The van der Waals surface area contributed by atoms with Gasteiger partial charge in [0.25, 0.3) is 0 Å². The van der Waals surface area contributed by atoms with Crippen molar-refractivity contribution in [3.05, 3.63) is 126 Å². The fourth-order valence-electron chi connectivity index (χ4n) is 5.35. The summed E-state index contributed by atoms with van der Waals surface area (Å²) in [6.07, 6.45) is 2.53. The summed E-state index contributed by atoms with van der Waals surface area (Å²) in [5, 5.41) is 10.9. The van der Waals surface area contributed by atoms with Gasteiger partial charge in [0.05, 0.1) is 6.61 Å². The van der Waals surface area contributed by atoms with Crippen LogP contribution in [0, 0.1) is 0 Å². The summed E-state index contributed by atoms with van der Waals surface area (Å²) in [5.74, 6) is 0.628. The second-order valence-corrected chi connectivity index (χ2v) is 10.7. The highest BCUT2D eigenvalue weighted by Crippen LogP contribution is 2.34. The van der Waals surface area contributed by atoms with E-state index in [1.54, 1.807) is 0 Å². The molecule has 0 saturated carbocycles. The van der Waals surface area contributed by atoms with E-state index in [2.05, 4.69) is 71.6 Å². The Bertz CT molecular complexity index is 1770. The molecule has 0 aliphatic carbocycles. The number of hydrogen-bond donors (Lipinski definition) is 1. The Morgan fingerprint density at radius 3 is 2.23 bits per heavy atom. The lowest BCUT2D eigenvalue weighted by molar-refractivity contribution is -0.137. The van der Waals surface area contributed by atoms with Gasteiger partial charge < -0.3 is 19.2 Å². The number of carboxylic acid groups (broad SMARTS) is 1. The van der Waals surface area contributed by atoms with Crippen LogP contribution in [0.4, 0.5) is 5.69 Å². The van der Waals surface area contributed by atoms with Crippen LogP contribution in [0.5, 0.6) is 5.75 Å². The fraction of sp³-hybridized carbons (Fsp3) is 0.189. The summed E-state index contributed by atoms with van der Waals surface area (Å²) in [7, 11) is 0. The van der Waals surface area contributed by atoms with Gasteiger partial charge in [0.15, 0.2) is 5.58 Å². The minimum atomic E-state index is -0.751. The Hall–Kier alpha value is -5.10. The molecule has 0 amide bonds. The number of nitrogens with zero attached hydrogens (tertiary/aromatic N) is 2. The Balaban J connectivity index is 1.23. The second-order valence-electron chi connectivity index (χ2n) is 10.7. The highest BCUT2D eigenvalue weighted by atomic mass is 16.5. The predicted molar refractivity (Wildman–Crippen MR) is 171 cm³/mol. The lowest BCUT2D eigenvalue weighted by Gasteiger charge is -2.25. The Labute approximate surface area is 251 Å². The Morgan fingerprint density at radius 1 is 0.767 bits per heavy atom. The first-order chi connectivity index (χ1) is 21.1. The molecule has 0 atom stereocenters. The van der Waals surface area contributed by atoms with Crippen LogP contribution in [0.3, 0.4) is 0 Å². The molecule has 6 rings (SSSR count). The van der Waals surface area contributed by atoms with Crippen LogP contribution in [-0.4, -0.2) is 22.7 Å². The summed E-state index contributed by atoms with van der Waals surface area (Å²) in [6.45, 7) is 2.11. The number of benzene rings is 5. The number of anilines is 1. The maximum atomic E-state index is 10.7. The van der Waals surface area contributed by atoms with E-state index >= 15 is 0 Å². The van der Waals surface area contributed by atoms with Crippen LogP contribution in [0.1, 0.15) is 36.8 Å².